The SMILES string of the molecule is COc1cc(-c2nc3ccccn3c2NC[C@@H]2CCCO2)ccc1O. The summed E-state index contributed by atoms with van der Waals surface area (Å²) in [6, 6.07) is 11.2. The van der Waals surface area contributed by atoms with Gasteiger partial charge in [-0.2, -0.15) is 0 Å². The highest BCUT2D eigenvalue weighted by molar-refractivity contribution is 5.78. The van der Waals surface area contributed by atoms with Crippen LogP contribution >= 0.6 is 0 Å². The number of aromatic nitrogens is 2. The first-order valence-electron chi connectivity index (χ1n) is 8.46. The van der Waals surface area contributed by atoms with Gasteiger partial charge in [-0.05, 0) is 43.2 Å². The fourth-order valence-corrected chi connectivity index (χ4v) is 3.21. The summed E-state index contributed by atoms with van der Waals surface area (Å²) in [6.07, 6.45) is 4.41. The molecule has 1 aliphatic heterocycles. The van der Waals surface area contributed by atoms with E-state index in [1.807, 2.05) is 34.9 Å². The molecule has 0 saturated carbocycles. The van der Waals surface area contributed by atoms with E-state index in [0.717, 1.165) is 48.7 Å². The average Bonchev–Trinajstić information content (AvgIpc) is 3.28. The first kappa shape index (κ1) is 15.8. The van der Waals surface area contributed by atoms with E-state index >= 15 is 0 Å². The zero-order valence-corrected chi connectivity index (χ0v) is 14.1. The van der Waals surface area contributed by atoms with E-state index in [1.54, 1.807) is 19.2 Å². The molecule has 6 heteroatoms. The van der Waals surface area contributed by atoms with Crippen LogP contribution < -0.4 is 10.1 Å². The Balaban J connectivity index is 1.75. The van der Waals surface area contributed by atoms with Crippen LogP contribution in [0.5, 0.6) is 11.5 Å². The second-order valence-electron chi connectivity index (χ2n) is 6.14. The maximum atomic E-state index is 9.86. The summed E-state index contributed by atoms with van der Waals surface area (Å²) in [4.78, 5) is 4.76. The van der Waals surface area contributed by atoms with Crippen LogP contribution in [0.25, 0.3) is 16.9 Å². The lowest BCUT2D eigenvalue weighted by atomic mass is 10.1. The number of anilines is 1. The lowest BCUT2D eigenvalue weighted by Crippen LogP contribution is -2.19. The fourth-order valence-electron chi connectivity index (χ4n) is 3.21. The number of nitrogens with zero attached hydrogens (tertiary/aromatic N) is 2. The van der Waals surface area contributed by atoms with Crippen LogP contribution in [0.1, 0.15) is 12.8 Å². The van der Waals surface area contributed by atoms with Crippen molar-refractivity contribution in [2.24, 2.45) is 0 Å². The first-order chi connectivity index (χ1) is 12.3. The number of hydrogen-bond acceptors (Lipinski definition) is 5. The molecule has 0 radical (unpaired) electrons. The Kier molecular flexibility index (Phi) is 4.19. The minimum atomic E-state index is 0.115. The van der Waals surface area contributed by atoms with Crippen LogP contribution in [0, 0.1) is 0 Å². The Morgan fingerprint density at radius 1 is 1.36 bits per heavy atom. The molecule has 0 spiro atoms. The topological polar surface area (TPSA) is 68.0 Å². The van der Waals surface area contributed by atoms with E-state index in [9.17, 15) is 5.11 Å². The predicted molar refractivity (Wildman–Crippen MR) is 96.3 cm³/mol. The molecule has 3 heterocycles. The molecule has 1 atom stereocenters. The summed E-state index contributed by atoms with van der Waals surface area (Å²) in [5.74, 6) is 1.46. The molecular formula is C19H21N3O3. The Bertz CT molecular complexity index is 885. The lowest BCUT2D eigenvalue weighted by molar-refractivity contribution is 0.120. The van der Waals surface area contributed by atoms with Gasteiger partial charge >= 0.3 is 0 Å². The maximum absolute atomic E-state index is 9.86. The zero-order chi connectivity index (χ0) is 17.2. The van der Waals surface area contributed by atoms with Gasteiger partial charge in [-0.25, -0.2) is 4.98 Å². The van der Waals surface area contributed by atoms with Crippen molar-refractivity contribution in [2.75, 3.05) is 25.6 Å². The molecule has 0 unspecified atom stereocenters. The molecular weight excluding hydrogens is 318 g/mol. The summed E-state index contributed by atoms with van der Waals surface area (Å²) in [6.45, 7) is 1.58. The van der Waals surface area contributed by atoms with Crippen LogP contribution in [-0.2, 0) is 4.74 Å². The number of pyridine rings is 1. The van der Waals surface area contributed by atoms with E-state index in [-0.39, 0.29) is 11.9 Å². The van der Waals surface area contributed by atoms with Gasteiger partial charge in [0.15, 0.2) is 11.5 Å². The van der Waals surface area contributed by atoms with Gasteiger partial charge in [0.1, 0.15) is 17.2 Å². The Morgan fingerprint density at radius 2 is 2.28 bits per heavy atom. The standard InChI is InChI=1S/C19H21N3O3/c1-24-16-11-13(7-8-15(16)23)18-19(20-12-14-5-4-10-25-14)22-9-3-2-6-17(22)21-18/h2-3,6-9,11,14,20,23H,4-5,10,12H2,1H3/t14-/m0/s1. The van der Waals surface area contributed by atoms with Crippen molar-refractivity contribution in [3.05, 3.63) is 42.6 Å². The first-order valence-corrected chi connectivity index (χ1v) is 8.46. The molecule has 4 rings (SSSR count). The number of hydrogen-bond donors (Lipinski definition) is 2. The summed E-state index contributed by atoms with van der Waals surface area (Å²) >= 11 is 0. The number of benzene rings is 1. The maximum Gasteiger partial charge on any atom is 0.161 e. The van der Waals surface area contributed by atoms with Crippen molar-refractivity contribution in [3.63, 3.8) is 0 Å². The number of phenols is 1. The highest BCUT2D eigenvalue weighted by atomic mass is 16.5. The van der Waals surface area contributed by atoms with Crippen LogP contribution in [0.15, 0.2) is 42.6 Å². The van der Waals surface area contributed by atoms with Crippen LogP contribution in [0.4, 0.5) is 5.82 Å². The van der Waals surface area contributed by atoms with E-state index < -0.39 is 0 Å². The van der Waals surface area contributed by atoms with Crippen LogP contribution in [-0.4, -0.2) is 40.9 Å². The van der Waals surface area contributed by atoms with Gasteiger partial charge < -0.3 is 19.9 Å². The summed E-state index contributed by atoms with van der Waals surface area (Å²) in [5.41, 5.74) is 2.56. The normalized spacial score (nSPS) is 17.1. The van der Waals surface area contributed by atoms with Gasteiger partial charge in [0.25, 0.3) is 0 Å². The molecule has 2 aromatic heterocycles. The Morgan fingerprint density at radius 3 is 3.08 bits per heavy atom. The molecule has 0 bridgehead atoms. The molecule has 0 aliphatic carbocycles. The number of aromatic hydroxyl groups is 1. The molecule has 3 aromatic rings. The van der Waals surface area contributed by atoms with Crippen LogP contribution in [0.3, 0.4) is 0 Å². The van der Waals surface area contributed by atoms with Crippen molar-refractivity contribution in [1.82, 2.24) is 9.38 Å². The van der Waals surface area contributed by atoms with Crippen molar-refractivity contribution in [1.29, 1.82) is 0 Å². The number of rotatable bonds is 5. The second kappa shape index (κ2) is 6.64. The largest absolute Gasteiger partial charge is 0.504 e. The molecule has 0 amide bonds. The highest BCUT2D eigenvalue weighted by Crippen LogP contribution is 2.35. The van der Waals surface area contributed by atoms with Crippen LogP contribution in [0.2, 0.25) is 0 Å². The third-order valence-corrected chi connectivity index (χ3v) is 4.50. The molecule has 2 N–H and O–H groups in total. The van der Waals surface area contributed by atoms with Crippen molar-refractivity contribution < 1.29 is 14.6 Å². The molecule has 1 aliphatic rings. The number of fused-ring (bicyclic) bond motifs is 1. The lowest BCUT2D eigenvalue weighted by Gasteiger charge is -2.13. The second-order valence-corrected chi connectivity index (χ2v) is 6.14. The van der Waals surface area contributed by atoms with E-state index in [1.165, 1.54) is 0 Å². The fraction of sp³-hybridized carbons (Fsp3) is 0.316. The summed E-state index contributed by atoms with van der Waals surface area (Å²) in [5, 5.41) is 13.4. The van der Waals surface area contributed by atoms with Gasteiger partial charge in [0, 0.05) is 24.9 Å². The Hall–Kier alpha value is -2.73. The van der Waals surface area contributed by atoms with Crippen molar-refractivity contribution in [2.45, 2.75) is 18.9 Å². The number of imidazole rings is 1. The molecule has 1 saturated heterocycles. The van der Waals surface area contributed by atoms with E-state index in [4.69, 9.17) is 14.5 Å². The summed E-state index contributed by atoms with van der Waals surface area (Å²) in [7, 11) is 1.54. The predicted octanol–water partition coefficient (Wildman–Crippen LogP) is 3.31. The number of ether oxygens (including phenoxy) is 2. The van der Waals surface area contributed by atoms with E-state index in [0.29, 0.717) is 5.75 Å². The third kappa shape index (κ3) is 3.00. The smallest absolute Gasteiger partial charge is 0.161 e. The highest BCUT2D eigenvalue weighted by Gasteiger charge is 2.19. The molecule has 130 valence electrons. The number of nitrogens with one attached hydrogen (secondary N) is 1. The quantitative estimate of drug-likeness (QED) is 0.746. The summed E-state index contributed by atoms with van der Waals surface area (Å²) < 4.78 is 13.0. The number of methoxy groups -OCH3 is 1. The third-order valence-electron chi connectivity index (χ3n) is 4.50. The molecule has 1 aromatic carbocycles. The molecule has 25 heavy (non-hydrogen) atoms. The minimum Gasteiger partial charge on any atom is -0.504 e. The zero-order valence-electron chi connectivity index (χ0n) is 14.1. The average molecular weight is 339 g/mol. The van der Waals surface area contributed by atoms with Crippen molar-refractivity contribution in [3.8, 4) is 22.8 Å². The van der Waals surface area contributed by atoms with Gasteiger partial charge in [0.05, 0.1) is 13.2 Å². The molecule has 6 nitrogen and oxygen atoms in total. The van der Waals surface area contributed by atoms with Gasteiger partial charge in [0.2, 0.25) is 0 Å². The van der Waals surface area contributed by atoms with Gasteiger partial charge in [-0.1, -0.05) is 6.07 Å². The molecule has 1 fully saturated rings. The van der Waals surface area contributed by atoms with Gasteiger partial charge in [-0.15, -0.1) is 0 Å². The van der Waals surface area contributed by atoms with Gasteiger partial charge in [-0.3, -0.25) is 4.40 Å². The van der Waals surface area contributed by atoms with Crippen molar-refractivity contribution >= 4 is 11.5 Å². The minimum absolute atomic E-state index is 0.115. The number of phenolic OH excluding ortho intramolecular Hbond substituents is 1. The monoisotopic (exact) mass is 339 g/mol. The Labute approximate surface area is 146 Å². The van der Waals surface area contributed by atoms with E-state index in [2.05, 4.69) is 5.32 Å².